The Morgan fingerprint density at radius 1 is 1.04 bits per heavy atom. The van der Waals surface area contributed by atoms with Gasteiger partial charge in [0.15, 0.2) is 0 Å². The van der Waals surface area contributed by atoms with Crippen LogP contribution in [0.4, 0.5) is 5.69 Å². The van der Waals surface area contributed by atoms with Crippen molar-refractivity contribution in [3.63, 3.8) is 0 Å². The average molecular weight is 371 g/mol. The third kappa shape index (κ3) is 7.46. The fraction of sp³-hybridized carbons (Fsp3) is 0.500. The summed E-state index contributed by atoms with van der Waals surface area (Å²) in [6.07, 6.45) is 4.22. The summed E-state index contributed by atoms with van der Waals surface area (Å²) in [5.41, 5.74) is 4.31. The molecule has 2 nitrogen and oxygen atoms in total. The first kappa shape index (κ1) is 24.7. The van der Waals surface area contributed by atoms with E-state index in [0.29, 0.717) is 11.3 Å². The molecular formula is C20H31LiNOPS. The van der Waals surface area contributed by atoms with Crippen molar-refractivity contribution in [1.29, 1.82) is 0 Å². The van der Waals surface area contributed by atoms with Crippen molar-refractivity contribution >= 4 is 29.6 Å². The van der Waals surface area contributed by atoms with Gasteiger partial charge in [-0.3, -0.25) is 0 Å². The number of hydrogen-bond acceptors (Lipinski definition) is 2. The van der Waals surface area contributed by atoms with E-state index >= 15 is 0 Å². The number of rotatable bonds is 5. The summed E-state index contributed by atoms with van der Waals surface area (Å²) in [7, 11) is 0. The average Bonchev–Trinajstić information content (AvgIpc) is 2.55. The molecule has 0 bridgehead atoms. The molecule has 0 atom stereocenters. The summed E-state index contributed by atoms with van der Waals surface area (Å²) in [5.74, 6) is 2.27. The summed E-state index contributed by atoms with van der Waals surface area (Å²) in [6.45, 7) is 14.6. The van der Waals surface area contributed by atoms with E-state index in [1.807, 2.05) is 26.0 Å². The number of fused-ring (bicyclic) bond motifs is 1. The van der Waals surface area contributed by atoms with Crippen molar-refractivity contribution < 1.29 is 23.6 Å². The van der Waals surface area contributed by atoms with E-state index in [0.717, 1.165) is 24.6 Å². The van der Waals surface area contributed by atoms with Crippen LogP contribution >= 0.6 is 6.04 Å². The Morgan fingerprint density at radius 2 is 1.60 bits per heavy atom. The van der Waals surface area contributed by atoms with Crippen LogP contribution in [0.2, 0.25) is 0 Å². The van der Waals surface area contributed by atoms with Crippen molar-refractivity contribution in [2.24, 2.45) is 0 Å². The molecule has 134 valence electrons. The van der Waals surface area contributed by atoms with E-state index in [-0.39, 0.29) is 18.9 Å². The Bertz CT molecular complexity index is 612. The Balaban J connectivity index is 0.000000848. The molecule has 1 heterocycles. The second-order valence-corrected chi connectivity index (χ2v) is 12.0. The first-order valence-electron chi connectivity index (χ1n) is 8.73. The first-order chi connectivity index (χ1) is 11.3. The van der Waals surface area contributed by atoms with Crippen LogP contribution in [0.5, 0.6) is 0 Å². The van der Waals surface area contributed by atoms with Gasteiger partial charge in [0.1, 0.15) is 0 Å². The van der Waals surface area contributed by atoms with E-state index in [2.05, 4.69) is 57.8 Å². The largest absolute Gasteiger partial charge is 1.00 e. The fourth-order valence-corrected chi connectivity index (χ4v) is 5.13. The van der Waals surface area contributed by atoms with Crippen LogP contribution in [0.25, 0.3) is 11.4 Å². The normalized spacial score (nSPS) is 14.5. The first-order valence-corrected chi connectivity index (χ1v) is 11.7. The van der Waals surface area contributed by atoms with Crippen LogP contribution in [-0.4, -0.2) is 24.5 Å². The molecule has 0 aromatic heterocycles. The van der Waals surface area contributed by atoms with Gasteiger partial charge in [-0.25, -0.2) is 0 Å². The molecule has 1 aliphatic rings. The Hall–Kier alpha value is -0.293. The van der Waals surface area contributed by atoms with Gasteiger partial charge in [-0.2, -0.15) is 0 Å². The third-order valence-corrected chi connectivity index (χ3v) is 10.7. The summed E-state index contributed by atoms with van der Waals surface area (Å²) >= 11 is 5.97. The number of benzene rings is 1. The number of allylic oxidation sites excluding steroid dienone is 1. The zero-order chi connectivity index (χ0) is 18.2. The second-order valence-electron chi connectivity index (χ2n) is 6.29. The molecule has 0 N–H and O–H groups in total. The van der Waals surface area contributed by atoms with Crippen LogP contribution < -0.4 is 18.9 Å². The summed E-state index contributed by atoms with van der Waals surface area (Å²) in [5, 5.41) is 4.73. The maximum atomic E-state index is 5.97. The summed E-state index contributed by atoms with van der Waals surface area (Å²) in [6, 6.07) is 6.70. The van der Waals surface area contributed by atoms with E-state index in [4.69, 9.17) is 21.9 Å². The Morgan fingerprint density at radius 3 is 2.08 bits per heavy atom. The van der Waals surface area contributed by atoms with E-state index in [1.165, 1.54) is 5.56 Å². The van der Waals surface area contributed by atoms with Crippen LogP contribution in [0.1, 0.15) is 47.1 Å². The molecule has 1 aromatic carbocycles. The quantitative estimate of drug-likeness (QED) is 0.579. The van der Waals surface area contributed by atoms with Gasteiger partial charge in [-0.15, -0.1) is 11.4 Å². The predicted molar refractivity (Wildman–Crippen MR) is 113 cm³/mol. The monoisotopic (exact) mass is 371 g/mol. The van der Waals surface area contributed by atoms with Crippen LogP contribution in [-0.2, 0) is 16.5 Å². The maximum Gasteiger partial charge on any atom is 1.00 e. The van der Waals surface area contributed by atoms with Crippen molar-refractivity contribution in [1.82, 2.24) is 0 Å². The third-order valence-electron chi connectivity index (χ3n) is 3.98. The molecule has 0 saturated carbocycles. The van der Waals surface area contributed by atoms with Gasteiger partial charge in [0, 0.05) is 13.2 Å². The van der Waals surface area contributed by atoms with Gasteiger partial charge >= 0.3 is 18.9 Å². The molecule has 0 fully saturated rings. The van der Waals surface area contributed by atoms with Gasteiger partial charge < -0.3 is 10.1 Å². The SMILES string of the molecule is CC(C)P(=S)(/C=C1/C=Cc2ccccc2[N-]1)C(C)C.CCOCC.[Li+]. The Labute approximate surface area is 171 Å². The summed E-state index contributed by atoms with van der Waals surface area (Å²) in [4.78, 5) is 0. The molecule has 0 saturated heterocycles. The van der Waals surface area contributed by atoms with E-state index in [9.17, 15) is 0 Å². The number of para-hydroxylation sites is 1. The molecule has 0 radical (unpaired) electrons. The standard InChI is InChI=1S/C16H21NPS.C4H10O.Li/c1-12(2)18(19,13(3)4)11-15-10-9-14-7-5-6-8-16(14)17-15;1-3-5-4-2;/h5-13H,1-4H3;3-4H2,1-2H3;/q-1;;+1/b15-11-;;. The van der Waals surface area contributed by atoms with Gasteiger partial charge in [0.25, 0.3) is 0 Å². The number of nitrogens with zero attached hydrogens (tertiary/aromatic N) is 1. The van der Waals surface area contributed by atoms with Crippen molar-refractivity contribution in [3.05, 3.63) is 52.7 Å². The predicted octanol–water partition coefficient (Wildman–Crippen LogP) is 3.90. The van der Waals surface area contributed by atoms with Crippen LogP contribution in [0.3, 0.4) is 0 Å². The van der Waals surface area contributed by atoms with Crippen molar-refractivity contribution in [3.8, 4) is 0 Å². The second kappa shape index (κ2) is 12.2. The smallest absolute Gasteiger partial charge is 0.657 e. The molecule has 0 spiro atoms. The van der Waals surface area contributed by atoms with Crippen LogP contribution in [0, 0.1) is 0 Å². The van der Waals surface area contributed by atoms with E-state index < -0.39 is 6.04 Å². The van der Waals surface area contributed by atoms with Crippen LogP contribution in [0.15, 0.2) is 41.9 Å². The molecule has 1 aliphatic heterocycles. The minimum Gasteiger partial charge on any atom is -0.657 e. The van der Waals surface area contributed by atoms with Gasteiger partial charge in [0.05, 0.1) is 0 Å². The zero-order valence-corrected chi connectivity index (χ0v) is 18.5. The molecule has 2 rings (SSSR count). The van der Waals surface area contributed by atoms with E-state index in [1.54, 1.807) is 0 Å². The van der Waals surface area contributed by atoms with Gasteiger partial charge in [0.2, 0.25) is 0 Å². The molecule has 0 unspecified atom stereocenters. The molecule has 1 aromatic rings. The van der Waals surface area contributed by atoms with Gasteiger partial charge in [-0.05, 0) is 36.8 Å². The number of hydrogen-bond donors (Lipinski definition) is 0. The molecule has 0 amide bonds. The minimum absolute atomic E-state index is 0. The minimum atomic E-state index is -1.52. The fourth-order valence-electron chi connectivity index (χ4n) is 2.46. The Kier molecular flexibility index (Phi) is 12.0. The topological polar surface area (TPSA) is 23.3 Å². The molecule has 5 heteroatoms. The molecule has 25 heavy (non-hydrogen) atoms. The zero-order valence-electron chi connectivity index (χ0n) is 16.8. The van der Waals surface area contributed by atoms with Crippen molar-refractivity contribution in [2.45, 2.75) is 52.9 Å². The maximum absolute atomic E-state index is 5.97. The van der Waals surface area contributed by atoms with Gasteiger partial charge in [-0.1, -0.05) is 81.7 Å². The molecular weight excluding hydrogens is 340 g/mol. The summed E-state index contributed by atoms with van der Waals surface area (Å²) < 4.78 is 4.83. The number of ether oxygens (including phenoxy) is 1. The van der Waals surface area contributed by atoms with Crippen molar-refractivity contribution in [2.75, 3.05) is 13.2 Å². The molecule has 0 aliphatic carbocycles.